The topological polar surface area (TPSA) is 150 Å². The van der Waals surface area contributed by atoms with Gasteiger partial charge in [0.25, 0.3) is 10.0 Å². The van der Waals surface area contributed by atoms with Gasteiger partial charge < -0.3 is 19.3 Å². The molecule has 0 spiro atoms. The monoisotopic (exact) mass is 686 g/mol. The maximum Gasteiger partial charge on any atom is 0.437 e. The zero-order valence-electron chi connectivity index (χ0n) is 29.0. The lowest BCUT2D eigenvalue weighted by molar-refractivity contribution is 0.0550. The highest BCUT2D eigenvalue weighted by Gasteiger charge is 2.33. The van der Waals surface area contributed by atoms with Gasteiger partial charge in [-0.15, -0.1) is 9.82 Å². The molecule has 2 aromatic carbocycles. The van der Waals surface area contributed by atoms with E-state index < -0.39 is 39.4 Å². The van der Waals surface area contributed by atoms with E-state index >= 15 is 0 Å². The summed E-state index contributed by atoms with van der Waals surface area (Å²) >= 11 is 0. The Morgan fingerprint density at radius 1 is 0.854 bits per heavy atom. The van der Waals surface area contributed by atoms with E-state index in [-0.39, 0.29) is 29.9 Å². The van der Waals surface area contributed by atoms with E-state index in [0.29, 0.717) is 32.5 Å². The third-order valence-electron chi connectivity index (χ3n) is 7.83. The summed E-state index contributed by atoms with van der Waals surface area (Å²) in [6, 6.07) is 11.9. The molecular weight excluding hydrogens is 636 g/mol. The Bertz CT molecular complexity index is 1590. The molecule has 4 amide bonds. The highest BCUT2D eigenvalue weighted by molar-refractivity contribution is 7.89. The van der Waals surface area contributed by atoms with Gasteiger partial charge in [-0.25, -0.2) is 27.8 Å². The number of nitrogens with one attached hydrogen (secondary N) is 2. The van der Waals surface area contributed by atoms with Crippen LogP contribution in [0.5, 0.6) is 0 Å². The summed E-state index contributed by atoms with van der Waals surface area (Å²) in [6.07, 6.45) is 3.35. The fraction of sp³-hybridized carbons (Fsp3) is 0.588. The number of guanidine groups is 1. The highest BCUT2D eigenvalue weighted by Crippen LogP contribution is 2.23. The molecule has 0 radical (unpaired) electrons. The molecule has 0 aromatic heterocycles. The van der Waals surface area contributed by atoms with Crippen LogP contribution in [0.4, 0.5) is 14.4 Å². The van der Waals surface area contributed by atoms with Gasteiger partial charge in [0.15, 0.2) is 0 Å². The minimum atomic E-state index is -4.13. The first-order chi connectivity index (χ1) is 22.5. The number of likely N-dealkylation sites (tertiary alicyclic amines) is 2. The summed E-state index contributed by atoms with van der Waals surface area (Å²) in [5, 5.41) is 5.48. The van der Waals surface area contributed by atoms with Crippen LogP contribution in [0.25, 0.3) is 10.8 Å². The molecule has 2 fully saturated rings. The van der Waals surface area contributed by atoms with Crippen molar-refractivity contribution < 1.29 is 32.3 Å². The molecule has 1 unspecified atom stereocenters. The molecule has 2 saturated heterocycles. The number of urea groups is 1. The van der Waals surface area contributed by atoms with Crippen molar-refractivity contribution in [1.29, 1.82) is 0 Å². The lowest BCUT2D eigenvalue weighted by Gasteiger charge is -2.38. The summed E-state index contributed by atoms with van der Waals surface area (Å²) in [5.41, 5.74) is -1.60. The van der Waals surface area contributed by atoms with Crippen molar-refractivity contribution >= 4 is 45.0 Å². The molecule has 2 heterocycles. The van der Waals surface area contributed by atoms with Crippen molar-refractivity contribution in [3.05, 3.63) is 42.5 Å². The van der Waals surface area contributed by atoms with Crippen molar-refractivity contribution in [3.8, 4) is 0 Å². The Kier molecular flexibility index (Phi) is 12.0. The number of hydrogen-bond donors (Lipinski definition) is 2. The number of sulfonamides is 1. The van der Waals surface area contributed by atoms with Gasteiger partial charge in [-0.3, -0.25) is 5.32 Å². The molecular formula is C34H50N6O7S. The smallest absolute Gasteiger partial charge is 0.437 e. The Morgan fingerprint density at radius 3 is 2.12 bits per heavy atom. The van der Waals surface area contributed by atoms with E-state index in [1.54, 1.807) is 63.5 Å². The SMILES string of the molecule is CC(C)(C)OC(=O)/N=C(/NC(=O)OC(C)(C)C)N1CCCC(CN(NS(=O)(=O)c2ccc3ccccc3c2)C(=O)N2CCCCCC2)C1. The van der Waals surface area contributed by atoms with Crippen LogP contribution in [-0.4, -0.2) is 91.3 Å². The molecule has 2 aliphatic heterocycles. The minimum absolute atomic E-state index is 0.0367. The highest BCUT2D eigenvalue weighted by atomic mass is 32.2. The number of hydrazine groups is 1. The standard InChI is InChI=1S/C34H50N6O7S/c1-33(2,3)46-30(41)35-29(36-31(42)47-34(4,5)6)39-21-13-14-25(23-39)24-40(32(43)38-19-11-7-8-12-20-38)37-48(44,45)28-18-17-26-15-9-10-16-27(26)22-28/h9-10,15-18,22,25,37H,7-8,11-14,19-21,23-24H2,1-6H3,(H,35,36,41,42). The minimum Gasteiger partial charge on any atom is -0.444 e. The molecule has 2 aromatic rings. The summed E-state index contributed by atoms with van der Waals surface area (Å²) in [4.78, 5) is 49.7. The quantitative estimate of drug-likeness (QED) is 0.226. The van der Waals surface area contributed by atoms with Crippen molar-refractivity contribution in [1.82, 2.24) is 25.0 Å². The van der Waals surface area contributed by atoms with E-state index in [9.17, 15) is 22.8 Å². The first-order valence-electron chi connectivity index (χ1n) is 16.6. The molecule has 0 aliphatic carbocycles. The largest absolute Gasteiger partial charge is 0.444 e. The van der Waals surface area contributed by atoms with Crippen LogP contribution >= 0.6 is 0 Å². The van der Waals surface area contributed by atoms with Crippen molar-refractivity contribution in [3.63, 3.8) is 0 Å². The van der Waals surface area contributed by atoms with Gasteiger partial charge >= 0.3 is 18.2 Å². The van der Waals surface area contributed by atoms with Gasteiger partial charge in [0.1, 0.15) is 11.2 Å². The molecule has 264 valence electrons. The van der Waals surface area contributed by atoms with Crippen LogP contribution in [0.1, 0.15) is 80.1 Å². The average Bonchev–Trinajstić information content (AvgIpc) is 3.28. The number of carbonyl (C=O) groups is 3. The summed E-state index contributed by atoms with van der Waals surface area (Å²) in [5.74, 6) is -0.274. The number of alkyl carbamates (subject to hydrolysis) is 1. The van der Waals surface area contributed by atoms with E-state index in [1.165, 1.54) is 11.1 Å². The number of hydrogen-bond acceptors (Lipinski definition) is 7. The van der Waals surface area contributed by atoms with Gasteiger partial charge in [0, 0.05) is 32.7 Å². The number of ether oxygens (including phenoxy) is 2. The zero-order valence-corrected chi connectivity index (χ0v) is 29.8. The van der Waals surface area contributed by atoms with Crippen LogP contribution in [0, 0.1) is 5.92 Å². The second kappa shape index (κ2) is 15.5. The average molecular weight is 687 g/mol. The molecule has 4 rings (SSSR count). The molecule has 14 heteroatoms. The number of carbonyl (C=O) groups excluding carboxylic acids is 3. The van der Waals surface area contributed by atoms with Gasteiger partial charge in [0.05, 0.1) is 4.90 Å². The van der Waals surface area contributed by atoms with E-state index in [4.69, 9.17) is 9.47 Å². The van der Waals surface area contributed by atoms with Crippen LogP contribution in [0.2, 0.25) is 0 Å². The summed E-state index contributed by atoms with van der Waals surface area (Å²) in [6.45, 7) is 12.2. The van der Waals surface area contributed by atoms with Crippen LogP contribution in [0.3, 0.4) is 0 Å². The normalized spacial score (nSPS) is 18.2. The number of nitrogens with zero attached hydrogens (tertiary/aromatic N) is 4. The summed E-state index contributed by atoms with van der Waals surface area (Å²) in [7, 11) is -4.13. The molecule has 48 heavy (non-hydrogen) atoms. The third kappa shape index (κ3) is 11.1. The maximum atomic E-state index is 14.0. The Labute approximate surface area is 284 Å². The first-order valence-corrected chi connectivity index (χ1v) is 18.1. The van der Waals surface area contributed by atoms with Gasteiger partial charge in [-0.05, 0) is 96.0 Å². The number of rotatable bonds is 5. The maximum absolute atomic E-state index is 14.0. The van der Waals surface area contributed by atoms with Crippen LogP contribution in [-0.2, 0) is 19.5 Å². The third-order valence-corrected chi connectivity index (χ3v) is 9.17. The predicted octanol–water partition coefficient (Wildman–Crippen LogP) is 5.86. The fourth-order valence-electron chi connectivity index (χ4n) is 5.73. The second-order valence-electron chi connectivity index (χ2n) is 14.4. The predicted molar refractivity (Wildman–Crippen MR) is 184 cm³/mol. The molecule has 2 N–H and O–H groups in total. The zero-order chi connectivity index (χ0) is 35.1. The number of piperidine rings is 1. The molecule has 1 atom stereocenters. The Balaban J connectivity index is 1.59. The van der Waals surface area contributed by atoms with Crippen molar-refractivity contribution in [2.24, 2.45) is 10.9 Å². The van der Waals surface area contributed by atoms with Crippen LogP contribution in [0.15, 0.2) is 52.4 Å². The van der Waals surface area contributed by atoms with Gasteiger partial charge in [0.2, 0.25) is 5.96 Å². The van der Waals surface area contributed by atoms with Crippen molar-refractivity contribution in [2.75, 3.05) is 32.7 Å². The molecule has 13 nitrogen and oxygen atoms in total. The lowest BCUT2D eigenvalue weighted by Crippen LogP contribution is -2.56. The molecule has 2 aliphatic rings. The number of aliphatic imine (C=N–C) groups is 1. The number of benzene rings is 2. The number of fused-ring (bicyclic) bond motifs is 1. The number of amides is 4. The van der Waals surface area contributed by atoms with Gasteiger partial charge in [-0.2, -0.15) is 0 Å². The van der Waals surface area contributed by atoms with E-state index in [2.05, 4.69) is 15.1 Å². The lowest BCUT2D eigenvalue weighted by atomic mass is 9.98. The Morgan fingerprint density at radius 2 is 1.48 bits per heavy atom. The van der Waals surface area contributed by atoms with Crippen LogP contribution < -0.4 is 10.1 Å². The first kappa shape index (κ1) is 36.9. The Hall–Kier alpha value is -3.91. The fourth-order valence-corrected chi connectivity index (χ4v) is 6.81. The summed E-state index contributed by atoms with van der Waals surface area (Å²) < 4.78 is 38.3. The molecule has 0 bridgehead atoms. The second-order valence-corrected chi connectivity index (χ2v) is 16.1. The van der Waals surface area contributed by atoms with Crippen molar-refractivity contribution in [2.45, 2.75) is 96.2 Å². The van der Waals surface area contributed by atoms with E-state index in [0.717, 1.165) is 36.5 Å². The molecule has 0 saturated carbocycles. The van der Waals surface area contributed by atoms with Gasteiger partial charge in [-0.1, -0.05) is 43.2 Å². The van der Waals surface area contributed by atoms with E-state index in [1.807, 2.05) is 24.3 Å².